The smallest absolute Gasteiger partial charge is 0.299 e. The second-order valence-corrected chi connectivity index (χ2v) is 12.6. The lowest BCUT2D eigenvalue weighted by Crippen LogP contribution is -2.38. The second kappa shape index (κ2) is 10.3. The molecule has 0 amide bonds. The van der Waals surface area contributed by atoms with Crippen molar-refractivity contribution in [3.8, 4) is 29.0 Å². The van der Waals surface area contributed by atoms with Crippen molar-refractivity contribution in [3.63, 3.8) is 0 Å². The van der Waals surface area contributed by atoms with Crippen LogP contribution >= 0.6 is 15.9 Å². The molecule has 2 aromatic heterocycles. The van der Waals surface area contributed by atoms with Crippen LogP contribution in [0.3, 0.4) is 0 Å². The lowest BCUT2D eigenvalue weighted by Gasteiger charge is -2.30. The van der Waals surface area contributed by atoms with Crippen LogP contribution in [0.25, 0.3) is 22.2 Å². The van der Waals surface area contributed by atoms with Gasteiger partial charge in [0.1, 0.15) is 11.8 Å². The van der Waals surface area contributed by atoms with Gasteiger partial charge in [-0.2, -0.15) is 18.4 Å². The molecule has 0 radical (unpaired) electrons. The van der Waals surface area contributed by atoms with Crippen molar-refractivity contribution < 1.29 is 13.2 Å². The van der Waals surface area contributed by atoms with Gasteiger partial charge in [0.2, 0.25) is 5.88 Å². The molecule has 2 saturated carbocycles. The summed E-state index contributed by atoms with van der Waals surface area (Å²) in [6, 6.07) is 19.3. The SMILES string of the molecule is C[C@H](NS(=O)(=O)Nc1ccc(-c2c(C#N)c3ccc(Oc4ncccc4Br)cc3n2C2CCC2)cc1)C1CC1. The number of pyridine rings is 1. The number of anilines is 1. The predicted octanol–water partition coefficient (Wildman–Crippen LogP) is 6.90. The number of ether oxygens (including phenoxy) is 1. The van der Waals surface area contributed by atoms with E-state index < -0.39 is 10.2 Å². The zero-order valence-electron chi connectivity index (χ0n) is 21.4. The summed E-state index contributed by atoms with van der Waals surface area (Å²) in [6.45, 7) is 1.90. The lowest BCUT2D eigenvalue weighted by atomic mass is 9.92. The third-order valence-corrected chi connectivity index (χ3v) is 9.34. The third kappa shape index (κ3) is 5.26. The molecular formula is C29H28BrN5O3S. The molecule has 0 spiro atoms. The van der Waals surface area contributed by atoms with Crippen molar-refractivity contribution in [3.05, 3.63) is 70.8 Å². The summed E-state index contributed by atoms with van der Waals surface area (Å²) < 4.78 is 39.6. The van der Waals surface area contributed by atoms with E-state index in [0.717, 1.165) is 58.7 Å². The number of halogens is 1. The highest BCUT2D eigenvalue weighted by Gasteiger charge is 2.31. The number of hydrogen-bond donors (Lipinski definition) is 2. The number of benzene rings is 2. The normalized spacial score (nSPS) is 16.4. The highest BCUT2D eigenvalue weighted by Crippen LogP contribution is 2.44. The van der Waals surface area contributed by atoms with Crippen LogP contribution in [0.5, 0.6) is 11.6 Å². The van der Waals surface area contributed by atoms with E-state index in [9.17, 15) is 13.7 Å². The number of nitrogens with zero attached hydrogens (tertiary/aromatic N) is 3. The molecule has 2 aliphatic rings. The molecule has 39 heavy (non-hydrogen) atoms. The molecule has 0 saturated heterocycles. The Bertz CT molecular complexity index is 1690. The minimum Gasteiger partial charge on any atom is -0.438 e. The first-order valence-electron chi connectivity index (χ1n) is 13.1. The summed E-state index contributed by atoms with van der Waals surface area (Å²) in [4.78, 5) is 4.30. The molecule has 2 aliphatic carbocycles. The Balaban J connectivity index is 1.36. The molecule has 0 unspecified atom stereocenters. The molecular weight excluding hydrogens is 578 g/mol. The van der Waals surface area contributed by atoms with E-state index in [-0.39, 0.29) is 12.1 Å². The van der Waals surface area contributed by atoms with Gasteiger partial charge in [-0.3, -0.25) is 4.72 Å². The van der Waals surface area contributed by atoms with Gasteiger partial charge in [-0.15, -0.1) is 0 Å². The Kier molecular flexibility index (Phi) is 6.83. The number of fused-ring (bicyclic) bond motifs is 1. The van der Waals surface area contributed by atoms with Gasteiger partial charge in [-0.05, 0) is 103 Å². The maximum absolute atomic E-state index is 12.6. The quantitative estimate of drug-likeness (QED) is 0.216. The molecule has 1 atom stereocenters. The van der Waals surface area contributed by atoms with E-state index >= 15 is 0 Å². The van der Waals surface area contributed by atoms with Crippen molar-refractivity contribution in [1.29, 1.82) is 5.26 Å². The van der Waals surface area contributed by atoms with Crippen molar-refractivity contribution in [2.75, 3.05) is 4.72 Å². The molecule has 2 N–H and O–H groups in total. The largest absolute Gasteiger partial charge is 0.438 e. The maximum Gasteiger partial charge on any atom is 0.299 e. The van der Waals surface area contributed by atoms with Gasteiger partial charge in [0, 0.05) is 35.4 Å². The van der Waals surface area contributed by atoms with E-state index in [1.165, 1.54) is 0 Å². The summed E-state index contributed by atoms with van der Waals surface area (Å²) in [5, 5.41) is 11.1. The van der Waals surface area contributed by atoms with Gasteiger partial charge in [-0.1, -0.05) is 12.1 Å². The number of hydrogen-bond acceptors (Lipinski definition) is 5. The van der Waals surface area contributed by atoms with E-state index in [2.05, 4.69) is 41.0 Å². The monoisotopic (exact) mass is 605 g/mol. The Morgan fingerprint density at radius 2 is 1.90 bits per heavy atom. The summed E-state index contributed by atoms with van der Waals surface area (Å²) in [6.07, 6.45) is 6.99. The van der Waals surface area contributed by atoms with Gasteiger partial charge in [-0.25, -0.2) is 4.98 Å². The zero-order valence-corrected chi connectivity index (χ0v) is 23.8. The first kappa shape index (κ1) is 25.9. The van der Waals surface area contributed by atoms with Gasteiger partial charge in [0.15, 0.2) is 0 Å². The van der Waals surface area contributed by atoms with Crippen LogP contribution in [0, 0.1) is 17.2 Å². The minimum atomic E-state index is -3.68. The Labute approximate surface area is 236 Å². The standard InChI is InChI=1S/C29H28BrN5O3S/c1-18(19-7-8-19)33-39(36,37)34-21-11-9-20(10-12-21)28-25(17-31)24-14-13-23(38-29-26(30)6-3-15-32-29)16-27(24)35(28)22-4-2-5-22/h3,6,9-16,18-19,22,33-34H,2,4-5,7-8H2,1H3/t18-/m0/s1. The minimum absolute atomic E-state index is 0.0919. The molecule has 0 bridgehead atoms. The summed E-state index contributed by atoms with van der Waals surface area (Å²) in [5.74, 6) is 1.52. The number of aromatic nitrogens is 2. The fourth-order valence-corrected chi connectivity index (χ4v) is 6.67. The number of rotatable bonds is 9. The van der Waals surface area contributed by atoms with Crippen molar-refractivity contribution in [1.82, 2.24) is 14.3 Å². The van der Waals surface area contributed by atoms with Gasteiger partial charge in [0.25, 0.3) is 10.2 Å². The first-order chi connectivity index (χ1) is 18.8. The van der Waals surface area contributed by atoms with Crippen LogP contribution < -0.4 is 14.2 Å². The molecule has 2 fully saturated rings. The molecule has 200 valence electrons. The Morgan fingerprint density at radius 1 is 1.13 bits per heavy atom. The van der Waals surface area contributed by atoms with E-state index in [4.69, 9.17) is 4.74 Å². The average molecular weight is 607 g/mol. The zero-order chi connectivity index (χ0) is 27.1. The fourth-order valence-electron chi connectivity index (χ4n) is 5.15. The van der Waals surface area contributed by atoms with Crippen molar-refractivity contribution >= 4 is 42.7 Å². The van der Waals surface area contributed by atoms with Gasteiger partial charge < -0.3 is 9.30 Å². The topological polar surface area (TPSA) is 109 Å². The van der Waals surface area contributed by atoms with E-state index in [1.54, 1.807) is 18.3 Å². The van der Waals surface area contributed by atoms with Crippen LogP contribution in [-0.4, -0.2) is 24.0 Å². The van der Waals surface area contributed by atoms with E-state index in [1.807, 2.05) is 49.4 Å². The molecule has 4 aromatic rings. The Morgan fingerprint density at radius 3 is 2.54 bits per heavy atom. The summed E-state index contributed by atoms with van der Waals surface area (Å²) in [5.41, 5.74) is 3.68. The molecule has 10 heteroatoms. The second-order valence-electron chi connectivity index (χ2n) is 10.3. The predicted molar refractivity (Wildman–Crippen MR) is 155 cm³/mol. The highest BCUT2D eigenvalue weighted by molar-refractivity contribution is 9.10. The fraction of sp³-hybridized carbons (Fsp3) is 0.310. The first-order valence-corrected chi connectivity index (χ1v) is 15.4. The van der Waals surface area contributed by atoms with Crippen LogP contribution in [0.15, 0.2) is 65.3 Å². The molecule has 0 aliphatic heterocycles. The summed E-state index contributed by atoms with van der Waals surface area (Å²) >= 11 is 3.48. The molecule has 8 nitrogen and oxygen atoms in total. The van der Waals surface area contributed by atoms with Gasteiger partial charge >= 0.3 is 0 Å². The molecule has 2 heterocycles. The molecule has 2 aromatic carbocycles. The Hall–Kier alpha value is -3.39. The van der Waals surface area contributed by atoms with Crippen LogP contribution in [0.1, 0.15) is 50.6 Å². The van der Waals surface area contributed by atoms with Crippen molar-refractivity contribution in [2.45, 2.75) is 51.1 Å². The van der Waals surface area contributed by atoms with Crippen LogP contribution in [0.2, 0.25) is 0 Å². The molecule has 6 rings (SSSR count). The van der Waals surface area contributed by atoms with Crippen molar-refractivity contribution in [2.24, 2.45) is 5.92 Å². The highest BCUT2D eigenvalue weighted by atomic mass is 79.9. The van der Waals surface area contributed by atoms with Crippen LogP contribution in [-0.2, 0) is 10.2 Å². The maximum atomic E-state index is 12.6. The summed E-state index contributed by atoms with van der Waals surface area (Å²) in [7, 11) is -3.68. The third-order valence-electron chi connectivity index (χ3n) is 7.55. The average Bonchev–Trinajstić information content (AvgIpc) is 3.68. The number of nitrogens with one attached hydrogen (secondary N) is 2. The van der Waals surface area contributed by atoms with E-state index in [0.29, 0.717) is 28.8 Å². The number of nitriles is 1. The lowest BCUT2D eigenvalue weighted by molar-refractivity contribution is 0.324. The van der Waals surface area contributed by atoms with Gasteiger partial charge in [0.05, 0.1) is 21.2 Å². The van der Waals surface area contributed by atoms with Crippen LogP contribution in [0.4, 0.5) is 5.69 Å².